The molecule has 2 aromatic carbocycles. The van der Waals surface area contributed by atoms with Crippen molar-refractivity contribution in [3.63, 3.8) is 0 Å². The number of hydrogen-bond donors (Lipinski definition) is 1. The zero-order valence-electron chi connectivity index (χ0n) is 12.3. The lowest BCUT2D eigenvalue weighted by Crippen LogP contribution is -2.13. The van der Waals surface area contributed by atoms with Gasteiger partial charge in [0.25, 0.3) is 0 Å². The van der Waals surface area contributed by atoms with Gasteiger partial charge in [-0.25, -0.2) is 9.37 Å². The van der Waals surface area contributed by atoms with E-state index in [0.717, 1.165) is 11.1 Å². The van der Waals surface area contributed by atoms with Crippen molar-refractivity contribution in [1.29, 1.82) is 5.26 Å². The Bertz CT molecular complexity index is 840. The number of rotatable bonds is 4. The zero-order valence-corrected chi connectivity index (χ0v) is 12.3. The Morgan fingerprint density at radius 1 is 0.913 bits per heavy atom. The van der Waals surface area contributed by atoms with Gasteiger partial charge >= 0.3 is 0 Å². The van der Waals surface area contributed by atoms with E-state index in [9.17, 15) is 4.39 Å². The standard InChI is InChI=1S/C19H14FN3/c20-16-9-4-8-15(12-16)19(14-6-2-1-3-7-14)23-18-11-5-10-17(13-21)22-18/h1-12,19H,(H,22,23). The van der Waals surface area contributed by atoms with Gasteiger partial charge in [0.15, 0.2) is 0 Å². The highest BCUT2D eigenvalue weighted by Crippen LogP contribution is 2.26. The van der Waals surface area contributed by atoms with E-state index in [1.165, 1.54) is 12.1 Å². The van der Waals surface area contributed by atoms with Crippen LogP contribution in [-0.4, -0.2) is 4.98 Å². The van der Waals surface area contributed by atoms with E-state index < -0.39 is 0 Å². The summed E-state index contributed by atoms with van der Waals surface area (Å²) in [5.74, 6) is 0.283. The van der Waals surface area contributed by atoms with E-state index in [1.807, 2.05) is 42.5 Å². The van der Waals surface area contributed by atoms with Crippen molar-refractivity contribution in [2.75, 3.05) is 5.32 Å². The van der Waals surface area contributed by atoms with Gasteiger partial charge < -0.3 is 5.32 Å². The lowest BCUT2D eigenvalue weighted by atomic mass is 9.98. The Labute approximate surface area is 134 Å². The second-order valence-electron chi connectivity index (χ2n) is 5.06. The quantitative estimate of drug-likeness (QED) is 0.782. The molecule has 0 bridgehead atoms. The third kappa shape index (κ3) is 3.53. The molecule has 0 spiro atoms. The molecular weight excluding hydrogens is 289 g/mol. The molecule has 1 heterocycles. The molecule has 0 aliphatic heterocycles. The Hall–Kier alpha value is -3.19. The maximum Gasteiger partial charge on any atom is 0.142 e. The molecule has 1 unspecified atom stereocenters. The lowest BCUT2D eigenvalue weighted by molar-refractivity contribution is 0.624. The maximum absolute atomic E-state index is 13.6. The Morgan fingerprint density at radius 3 is 2.39 bits per heavy atom. The van der Waals surface area contributed by atoms with E-state index in [-0.39, 0.29) is 11.9 Å². The van der Waals surface area contributed by atoms with Gasteiger partial charge in [-0.2, -0.15) is 5.26 Å². The minimum absolute atomic E-state index is 0.256. The number of nitrogens with one attached hydrogen (secondary N) is 1. The first-order valence-corrected chi connectivity index (χ1v) is 7.20. The zero-order chi connectivity index (χ0) is 16.1. The predicted octanol–water partition coefficient (Wildman–Crippen LogP) is 4.29. The fraction of sp³-hybridized carbons (Fsp3) is 0.0526. The number of halogens is 1. The van der Waals surface area contributed by atoms with Crippen LogP contribution < -0.4 is 5.32 Å². The summed E-state index contributed by atoms with van der Waals surface area (Å²) in [5.41, 5.74) is 2.11. The molecule has 0 radical (unpaired) electrons. The summed E-state index contributed by atoms with van der Waals surface area (Å²) in [6, 6.07) is 23.2. The van der Waals surface area contributed by atoms with Gasteiger partial charge in [-0.05, 0) is 35.4 Å². The summed E-state index contributed by atoms with van der Waals surface area (Å²) < 4.78 is 13.6. The molecule has 0 aliphatic carbocycles. The van der Waals surface area contributed by atoms with Gasteiger partial charge in [-0.3, -0.25) is 0 Å². The summed E-state index contributed by atoms with van der Waals surface area (Å²) in [6.07, 6.45) is 0. The molecule has 4 heteroatoms. The van der Waals surface area contributed by atoms with Crippen molar-refractivity contribution in [3.05, 3.63) is 95.4 Å². The van der Waals surface area contributed by atoms with E-state index >= 15 is 0 Å². The van der Waals surface area contributed by atoms with Gasteiger partial charge in [-0.15, -0.1) is 0 Å². The molecule has 0 fully saturated rings. The highest BCUT2D eigenvalue weighted by Gasteiger charge is 2.15. The summed E-state index contributed by atoms with van der Waals surface area (Å²) in [6.45, 7) is 0. The molecule has 1 N–H and O–H groups in total. The number of anilines is 1. The van der Waals surface area contributed by atoms with Crippen LogP contribution >= 0.6 is 0 Å². The average molecular weight is 303 g/mol. The summed E-state index contributed by atoms with van der Waals surface area (Å²) in [7, 11) is 0. The third-order valence-electron chi connectivity index (χ3n) is 3.47. The normalized spacial score (nSPS) is 11.5. The van der Waals surface area contributed by atoms with Crippen LogP contribution in [0.1, 0.15) is 22.9 Å². The Morgan fingerprint density at radius 2 is 1.65 bits per heavy atom. The van der Waals surface area contributed by atoms with Gasteiger partial charge in [0, 0.05) is 0 Å². The van der Waals surface area contributed by atoms with E-state index in [0.29, 0.717) is 11.5 Å². The lowest BCUT2D eigenvalue weighted by Gasteiger charge is -2.20. The van der Waals surface area contributed by atoms with E-state index in [1.54, 1.807) is 24.3 Å². The van der Waals surface area contributed by atoms with Crippen LogP contribution in [0.15, 0.2) is 72.8 Å². The van der Waals surface area contributed by atoms with Crippen molar-refractivity contribution in [2.45, 2.75) is 6.04 Å². The van der Waals surface area contributed by atoms with Gasteiger partial charge in [0.2, 0.25) is 0 Å². The van der Waals surface area contributed by atoms with Crippen LogP contribution in [0, 0.1) is 17.1 Å². The highest BCUT2D eigenvalue weighted by atomic mass is 19.1. The van der Waals surface area contributed by atoms with Crippen molar-refractivity contribution in [2.24, 2.45) is 0 Å². The van der Waals surface area contributed by atoms with Crippen LogP contribution in [0.5, 0.6) is 0 Å². The SMILES string of the molecule is N#Cc1cccc(NC(c2ccccc2)c2cccc(F)c2)n1. The molecule has 1 atom stereocenters. The summed E-state index contributed by atoms with van der Waals surface area (Å²) in [4.78, 5) is 4.24. The number of benzene rings is 2. The molecule has 3 aromatic rings. The molecule has 1 aromatic heterocycles. The maximum atomic E-state index is 13.6. The molecule has 0 saturated carbocycles. The first kappa shape index (κ1) is 14.7. The van der Waals surface area contributed by atoms with Crippen LogP contribution in [0.25, 0.3) is 0 Å². The molecule has 112 valence electrons. The number of nitriles is 1. The summed E-state index contributed by atoms with van der Waals surface area (Å²) in [5, 5.41) is 12.3. The molecule has 3 rings (SSSR count). The average Bonchev–Trinajstić information content (AvgIpc) is 2.60. The first-order valence-electron chi connectivity index (χ1n) is 7.20. The second kappa shape index (κ2) is 6.71. The highest BCUT2D eigenvalue weighted by molar-refractivity contribution is 5.46. The predicted molar refractivity (Wildman–Crippen MR) is 87.3 cm³/mol. The van der Waals surface area contributed by atoms with Gasteiger partial charge in [0.1, 0.15) is 23.4 Å². The molecule has 0 saturated heterocycles. The summed E-state index contributed by atoms with van der Waals surface area (Å²) >= 11 is 0. The van der Waals surface area contributed by atoms with Crippen LogP contribution in [0.3, 0.4) is 0 Å². The minimum atomic E-state index is -0.288. The third-order valence-corrected chi connectivity index (χ3v) is 3.47. The monoisotopic (exact) mass is 303 g/mol. The van der Waals surface area contributed by atoms with Crippen molar-refractivity contribution in [1.82, 2.24) is 4.98 Å². The fourth-order valence-corrected chi connectivity index (χ4v) is 2.42. The number of nitrogens with zero attached hydrogens (tertiary/aromatic N) is 2. The molecule has 0 amide bonds. The van der Waals surface area contributed by atoms with Crippen molar-refractivity contribution >= 4 is 5.82 Å². The van der Waals surface area contributed by atoms with E-state index in [2.05, 4.69) is 10.3 Å². The smallest absolute Gasteiger partial charge is 0.142 e. The first-order chi connectivity index (χ1) is 11.3. The molecule has 23 heavy (non-hydrogen) atoms. The minimum Gasteiger partial charge on any atom is -0.359 e. The number of pyridine rings is 1. The Balaban J connectivity index is 2.00. The van der Waals surface area contributed by atoms with Crippen LogP contribution in [-0.2, 0) is 0 Å². The van der Waals surface area contributed by atoms with Crippen LogP contribution in [0.2, 0.25) is 0 Å². The topological polar surface area (TPSA) is 48.7 Å². The van der Waals surface area contributed by atoms with E-state index in [4.69, 9.17) is 5.26 Å². The Kier molecular flexibility index (Phi) is 4.30. The van der Waals surface area contributed by atoms with Crippen molar-refractivity contribution in [3.8, 4) is 6.07 Å². The van der Waals surface area contributed by atoms with Gasteiger partial charge in [-0.1, -0.05) is 48.5 Å². The largest absolute Gasteiger partial charge is 0.359 e. The van der Waals surface area contributed by atoms with Crippen LogP contribution in [0.4, 0.5) is 10.2 Å². The second-order valence-corrected chi connectivity index (χ2v) is 5.06. The van der Waals surface area contributed by atoms with Crippen molar-refractivity contribution < 1.29 is 4.39 Å². The number of hydrogen-bond acceptors (Lipinski definition) is 3. The molecule has 0 aliphatic rings. The fourth-order valence-electron chi connectivity index (χ4n) is 2.42. The molecule has 3 nitrogen and oxygen atoms in total. The molecular formula is C19H14FN3. The van der Waals surface area contributed by atoms with Gasteiger partial charge in [0.05, 0.1) is 6.04 Å². The number of aromatic nitrogens is 1.